The predicted molar refractivity (Wildman–Crippen MR) is 72.9 cm³/mol. The molecule has 0 atom stereocenters. The molecule has 0 aliphatic rings. The fourth-order valence-corrected chi connectivity index (χ4v) is 1.62. The lowest BCUT2D eigenvalue weighted by atomic mass is 10.3. The molecule has 0 saturated carbocycles. The van der Waals surface area contributed by atoms with E-state index in [1.807, 2.05) is 19.9 Å². The highest BCUT2D eigenvalue weighted by Crippen LogP contribution is 2.19. The Bertz CT molecular complexity index is 483. The van der Waals surface area contributed by atoms with Crippen LogP contribution < -0.4 is 5.32 Å². The number of hydrogen-bond donors (Lipinski definition) is 1. The Hall–Kier alpha value is -1.80. The van der Waals surface area contributed by atoms with E-state index < -0.39 is 0 Å². The minimum atomic E-state index is -0.212. The summed E-state index contributed by atoms with van der Waals surface area (Å²) in [5.74, 6) is 0.300. The summed E-state index contributed by atoms with van der Waals surface area (Å²) in [6.07, 6.45) is 2.33. The molecule has 0 aliphatic carbocycles. The van der Waals surface area contributed by atoms with Crippen molar-refractivity contribution in [1.29, 1.82) is 5.26 Å². The molecule has 5 nitrogen and oxygen atoms in total. The van der Waals surface area contributed by atoms with Crippen molar-refractivity contribution in [1.82, 2.24) is 4.98 Å². The van der Waals surface area contributed by atoms with Gasteiger partial charge in [0.2, 0.25) is 0 Å². The Kier molecular flexibility index (Phi) is 6.10. The Labute approximate surface area is 117 Å². The highest BCUT2D eigenvalue weighted by molar-refractivity contribution is 6.33. The van der Waals surface area contributed by atoms with Crippen LogP contribution >= 0.6 is 11.6 Å². The molecule has 6 heteroatoms. The molecule has 102 valence electrons. The molecule has 0 bridgehead atoms. The lowest BCUT2D eigenvalue weighted by molar-refractivity contribution is -0.147. The van der Waals surface area contributed by atoms with Crippen LogP contribution in [0.2, 0.25) is 5.02 Å². The normalized spacial score (nSPS) is 10.1. The maximum Gasteiger partial charge on any atom is 0.306 e. The lowest BCUT2D eigenvalue weighted by Gasteiger charge is -2.09. The van der Waals surface area contributed by atoms with Gasteiger partial charge in [0, 0.05) is 19.2 Å². The van der Waals surface area contributed by atoms with Crippen molar-refractivity contribution in [3.8, 4) is 6.07 Å². The monoisotopic (exact) mass is 281 g/mol. The van der Waals surface area contributed by atoms with Crippen LogP contribution in [0.4, 0.5) is 5.82 Å². The molecule has 0 radical (unpaired) electrons. The number of anilines is 1. The number of aromatic nitrogens is 1. The van der Waals surface area contributed by atoms with E-state index in [0.717, 1.165) is 0 Å². The van der Waals surface area contributed by atoms with Gasteiger partial charge >= 0.3 is 5.97 Å². The second-order valence-electron chi connectivity index (χ2n) is 4.24. The first-order valence-electron chi connectivity index (χ1n) is 6.02. The highest BCUT2D eigenvalue weighted by atomic mass is 35.5. The van der Waals surface area contributed by atoms with E-state index in [4.69, 9.17) is 21.6 Å². The van der Waals surface area contributed by atoms with Gasteiger partial charge in [-0.1, -0.05) is 11.6 Å². The summed E-state index contributed by atoms with van der Waals surface area (Å²) >= 11 is 5.95. The first kappa shape index (κ1) is 15.3. The summed E-state index contributed by atoms with van der Waals surface area (Å²) in [6, 6.07) is 3.50. The largest absolute Gasteiger partial charge is 0.463 e. The maximum absolute atomic E-state index is 11.3. The first-order chi connectivity index (χ1) is 9.02. The van der Waals surface area contributed by atoms with Crippen molar-refractivity contribution in [3.63, 3.8) is 0 Å². The number of hydrogen-bond acceptors (Lipinski definition) is 5. The van der Waals surface area contributed by atoms with E-state index >= 15 is 0 Å². The average Bonchev–Trinajstić information content (AvgIpc) is 2.35. The summed E-state index contributed by atoms with van der Waals surface area (Å²) < 4.78 is 5.01. The number of pyridine rings is 1. The van der Waals surface area contributed by atoms with E-state index in [9.17, 15) is 4.79 Å². The van der Waals surface area contributed by atoms with Gasteiger partial charge in [0.1, 0.15) is 11.9 Å². The Morgan fingerprint density at radius 1 is 1.63 bits per heavy atom. The predicted octanol–water partition coefficient (Wildman–Crippen LogP) is 2.75. The van der Waals surface area contributed by atoms with Crippen molar-refractivity contribution in [2.45, 2.75) is 32.8 Å². The van der Waals surface area contributed by atoms with E-state index in [1.54, 1.807) is 6.07 Å². The zero-order chi connectivity index (χ0) is 14.3. The van der Waals surface area contributed by atoms with Crippen molar-refractivity contribution >= 4 is 23.4 Å². The number of rotatable bonds is 6. The third kappa shape index (κ3) is 5.58. The number of esters is 1. The molecule has 0 unspecified atom stereocenters. The Morgan fingerprint density at radius 3 is 2.95 bits per heavy atom. The van der Waals surface area contributed by atoms with E-state index in [0.29, 0.717) is 35.8 Å². The topological polar surface area (TPSA) is 75.0 Å². The van der Waals surface area contributed by atoms with Crippen molar-refractivity contribution < 1.29 is 9.53 Å². The second-order valence-corrected chi connectivity index (χ2v) is 4.64. The van der Waals surface area contributed by atoms with Crippen molar-refractivity contribution in [3.05, 3.63) is 22.8 Å². The van der Waals surface area contributed by atoms with Gasteiger partial charge in [0.15, 0.2) is 0 Å². The van der Waals surface area contributed by atoms with Crippen LogP contribution in [-0.2, 0) is 9.53 Å². The van der Waals surface area contributed by atoms with E-state index in [2.05, 4.69) is 10.3 Å². The van der Waals surface area contributed by atoms with E-state index in [1.165, 1.54) is 6.20 Å². The number of carbonyl (C=O) groups is 1. The van der Waals surface area contributed by atoms with Crippen LogP contribution in [0.3, 0.4) is 0 Å². The molecule has 1 N–H and O–H groups in total. The highest BCUT2D eigenvalue weighted by Gasteiger charge is 2.06. The molecule has 0 amide bonds. The fourth-order valence-electron chi connectivity index (χ4n) is 1.39. The molecule has 1 aromatic heterocycles. The van der Waals surface area contributed by atoms with Gasteiger partial charge in [0.25, 0.3) is 0 Å². The molecule has 0 fully saturated rings. The quantitative estimate of drug-likeness (QED) is 0.641. The van der Waals surface area contributed by atoms with Crippen molar-refractivity contribution in [2.24, 2.45) is 0 Å². The molecule has 1 rings (SSSR count). The minimum absolute atomic E-state index is 0.0879. The van der Waals surface area contributed by atoms with Gasteiger partial charge in [-0.15, -0.1) is 0 Å². The minimum Gasteiger partial charge on any atom is -0.463 e. The van der Waals surface area contributed by atoms with Crippen LogP contribution in [0.25, 0.3) is 0 Å². The molecule has 19 heavy (non-hydrogen) atoms. The number of nitrogens with one attached hydrogen (secondary N) is 1. The zero-order valence-corrected chi connectivity index (χ0v) is 11.7. The van der Waals surface area contributed by atoms with Crippen LogP contribution in [0.1, 0.15) is 32.3 Å². The Balaban J connectivity index is 2.34. The number of nitrogens with zero attached hydrogens (tertiary/aromatic N) is 2. The smallest absolute Gasteiger partial charge is 0.306 e. The van der Waals surface area contributed by atoms with Gasteiger partial charge in [-0.25, -0.2) is 4.98 Å². The van der Waals surface area contributed by atoms with E-state index in [-0.39, 0.29) is 12.1 Å². The summed E-state index contributed by atoms with van der Waals surface area (Å²) in [7, 11) is 0. The number of halogens is 1. The maximum atomic E-state index is 11.3. The zero-order valence-electron chi connectivity index (χ0n) is 10.9. The number of ether oxygens (including phenoxy) is 1. The summed E-state index contributed by atoms with van der Waals surface area (Å²) in [5, 5.41) is 12.1. The SMILES string of the molecule is CC(C)OC(=O)CCCNc1ncc(C#N)cc1Cl. The van der Waals surface area contributed by atoms with Gasteiger partial charge in [-0.05, 0) is 26.3 Å². The van der Waals surface area contributed by atoms with Crippen LogP contribution in [-0.4, -0.2) is 23.6 Å². The summed E-state index contributed by atoms with van der Waals surface area (Å²) in [5.41, 5.74) is 0.413. The number of carbonyl (C=O) groups excluding carboxylic acids is 1. The van der Waals surface area contributed by atoms with Gasteiger partial charge < -0.3 is 10.1 Å². The van der Waals surface area contributed by atoms with Gasteiger partial charge in [-0.3, -0.25) is 4.79 Å². The molecule has 0 spiro atoms. The molecule has 0 saturated heterocycles. The molecular formula is C13H16ClN3O2. The molecule has 0 aliphatic heterocycles. The molecule has 1 aromatic rings. The van der Waals surface area contributed by atoms with Crippen molar-refractivity contribution in [2.75, 3.05) is 11.9 Å². The van der Waals surface area contributed by atoms with Gasteiger partial charge in [0.05, 0.1) is 16.7 Å². The second kappa shape index (κ2) is 7.59. The molecule has 0 aromatic carbocycles. The summed E-state index contributed by atoms with van der Waals surface area (Å²) in [6.45, 7) is 4.19. The van der Waals surface area contributed by atoms with Gasteiger partial charge in [-0.2, -0.15) is 5.26 Å². The average molecular weight is 282 g/mol. The molecular weight excluding hydrogens is 266 g/mol. The fraction of sp³-hybridized carbons (Fsp3) is 0.462. The Morgan fingerprint density at radius 2 is 2.37 bits per heavy atom. The third-order valence-electron chi connectivity index (χ3n) is 2.19. The van der Waals surface area contributed by atoms with Crippen LogP contribution in [0.5, 0.6) is 0 Å². The third-order valence-corrected chi connectivity index (χ3v) is 2.48. The van der Waals surface area contributed by atoms with Crippen LogP contribution in [0.15, 0.2) is 12.3 Å². The molecule has 1 heterocycles. The summed E-state index contributed by atoms with van der Waals surface area (Å²) in [4.78, 5) is 15.3. The standard InChI is InChI=1S/C13H16ClN3O2/c1-9(2)19-12(18)4-3-5-16-13-11(14)6-10(7-15)8-17-13/h6,8-9H,3-5H2,1-2H3,(H,16,17). The first-order valence-corrected chi connectivity index (χ1v) is 6.39. The lowest BCUT2D eigenvalue weighted by Crippen LogP contribution is -2.13. The number of nitriles is 1. The van der Waals surface area contributed by atoms with Crippen LogP contribution in [0, 0.1) is 11.3 Å².